The predicted molar refractivity (Wildman–Crippen MR) is 132 cm³/mol. The quantitative estimate of drug-likeness (QED) is 0.342. The summed E-state index contributed by atoms with van der Waals surface area (Å²) in [5, 5.41) is 24.9. The van der Waals surface area contributed by atoms with E-state index in [1.807, 2.05) is 43.3 Å². The van der Waals surface area contributed by atoms with Gasteiger partial charge in [0.2, 0.25) is 0 Å². The Morgan fingerprint density at radius 2 is 1.89 bits per heavy atom. The molecular weight excluding hydrogens is 480 g/mol. The summed E-state index contributed by atoms with van der Waals surface area (Å²) in [4.78, 5) is 9.16. The number of halogens is 2. The van der Waals surface area contributed by atoms with Gasteiger partial charge in [-0.25, -0.2) is 23.4 Å². The molecule has 0 spiro atoms. The van der Waals surface area contributed by atoms with Crippen molar-refractivity contribution in [1.82, 2.24) is 34.5 Å². The highest BCUT2D eigenvalue weighted by atomic mass is 19.3. The maximum Gasteiger partial charge on any atom is 0.274 e. The van der Waals surface area contributed by atoms with Crippen molar-refractivity contribution >= 4 is 22.5 Å². The molecule has 0 aliphatic carbocycles. The lowest BCUT2D eigenvalue weighted by atomic mass is 10.2. The second kappa shape index (κ2) is 9.62. The Morgan fingerprint density at radius 3 is 2.59 bits per heavy atom. The smallest absolute Gasteiger partial charge is 0.274 e. The normalized spacial score (nSPS) is 12.0. The highest BCUT2D eigenvalue weighted by molar-refractivity contribution is 5.82. The molecule has 4 aromatic heterocycles. The zero-order valence-corrected chi connectivity index (χ0v) is 20.1. The lowest BCUT2D eigenvalue weighted by Gasteiger charge is -2.17. The van der Waals surface area contributed by atoms with Crippen molar-refractivity contribution in [2.75, 3.05) is 5.32 Å². The number of hydrogen-bond donors (Lipinski definition) is 1. The molecule has 1 atom stereocenters. The molecule has 0 amide bonds. The summed E-state index contributed by atoms with van der Waals surface area (Å²) < 4.78 is 35.1. The number of nitrogens with one attached hydrogen (secondary N) is 1. The van der Waals surface area contributed by atoms with Crippen LogP contribution in [0.3, 0.4) is 0 Å². The van der Waals surface area contributed by atoms with Crippen LogP contribution in [0.1, 0.15) is 24.0 Å². The maximum absolute atomic E-state index is 13.2. The van der Waals surface area contributed by atoms with Gasteiger partial charge in [-0.3, -0.25) is 4.57 Å². The Balaban J connectivity index is 1.54. The minimum absolute atomic E-state index is 0.113. The minimum Gasteiger partial charge on any atom is -0.481 e. The van der Waals surface area contributed by atoms with Crippen molar-refractivity contribution in [3.05, 3.63) is 71.9 Å². The monoisotopic (exact) mass is 501 g/mol. The number of pyridine rings is 1. The summed E-state index contributed by atoms with van der Waals surface area (Å²) in [6.45, 7) is 4.88. The van der Waals surface area contributed by atoms with Crippen LogP contribution in [0.4, 0.5) is 20.3 Å². The molecule has 1 unspecified atom stereocenters. The molecule has 5 rings (SSSR count). The number of fused-ring (bicyclic) bond motifs is 1. The zero-order valence-electron chi connectivity index (χ0n) is 20.1. The summed E-state index contributed by atoms with van der Waals surface area (Å²) in [6, 6.07) is 16.1. The molecule has 0 bridgehead atoms. The molecule has 186 valence electrons. The van der Waals surface area contributed by atoms with Crippen molar-refractivity contribution in [3.63, 3.8) is 0 Å². The molecule has 0 aliphatic rings. The molecule has 4 heterocycles. The van der Waals surface area contributed by atoms with E-state index in [0.717, 1.165) is 16.9 Å². The molecule has 0 radical (unpaired) electrons. The molecule has 0 fully saturated rings. The van der Waals surface area contributed by atoms with E-state index < -0.39 is 12.5 Å². The number of imidazole rings is 1. The Kier molecular flexibility index (Phi) is 6.19. The van der Waals surface area contributed by atoms with Gasteiger partial charge in [0.1, 0.15) is 18.2 Å². The van der Waals surface area contributed by atoms with Crippen LogP contribution in [-0.4, -0.2) is 47.0 Å². The number of anilines is 2. The number of hydrogen-bond acceptors (Lipinski definition) is 8. The first-order chi connectivity index (χ1) is 17.8. The van der Waals surface area contributed by atoms with Gasteiger partial charge in [-0.05, 0) is 69.3 Å². The van der Waals surface area contributed by atoms with Gasteiger partial charge in [0.25, 0.3) is 6.43 Å². The first-order valence-corrected chi connectivity index (χ1v) is 11.3. The van der Waals surface area contributed by atoms with Crippen LogP contribution in [0.15, 0.2) is 54.9 Å². The topological polar surface area (TPSA) is 119 Å². The summed E-state index contributed by atoms with van der Waals surface area (Å²) in [6.07, 6.45) is -2.44. The largest absolute Gasteiger partial charge is 0.481 e. The molecule has 1 aromatic carbocycles. The number of aryl methyl sites for hydroxylation is 2. The summed E-state index contributed by atoms with van der Waals surface area (Å²) in [7, 11) is 0. The van der Waals surface area contributed by atoms with Crippen molar-refractivity contribution in [2.45, 2.75) is 33.3 Å². The van der Waals surface area contributed by atoms with E-state index in [4.69, 9.17) is 4.74 Å². The number of benzene rings is 1. The first-order valence-electron chi connectivity index (χ1n) is 11.3. The van der Waals surface area contributed by atoms with Crippen LogP contribution in [0.25, 0.3) is 22.7 Å². The van der Waals surface area contributed by atoms with E-state index >= 15 is 0 Å². The maximum atomic E-state index is 13.2. The number of ether oxygens (including phenoxy) is 1. The van der Waals surface area contributed by atoms with Crippen molar-refractivity contribution in [1.29, 1.82) is 5.26 Å². The van der Waals surface area contributed by atoms with E-state index in [0.29, 0.717) is 22.8 Å². The number of rotatable bonds is 7. The standard InChI is InChI=1S/C25H21F2N9O/c1-14-4-8-22(33-32-14)30-17-5-6-20-19(11-17)29-13-35(20)23-9-7-21(37-16(3)24(26)27)25(31-23)36-15(2)10-18(12-28)34-36/h4-11,13,16,24H,1-3H3,(H,30,33). The third-order valence-electron chi connectivity index (χ3n) is 5.56. The second-order valence-electron chi connectivity index (χ2n) is 8.35. The van der Waals surface area contributed by atoms with Gasteiger partial charge in [-0.2, -0.15) is 15.5 Å². The molecule has 10 nitrogen and oxygen atoms in total. The summed E-state index contributed by atoms with van der Waals surface area (Å²) >= 11 is 0. The minimum atomic E-state index is -2.69. The first kappa shape index (κ1) is 23.8. The SMILES string of the molecule is Cc1ccc(Nc2ccc3c(c2)ncn3-c2ccc(OC(C)C(F)F)c(-n3nc(C#N)cc3C)n2)nn1. The fraction of sp³-hybridized carbons (Fsp3) is 0.200. The van der Waals surface area contributed by atoms with Crippen molar-refractivity contribution < 1.29 is 13.5 Å². The van der Waals surface area contributed by atoms with Gasteiger partial charge in [-0.15, -0.1) is 5.10 Å². The van der Waals surface area contributed by atoms with Crippen LogP contribution in [0.5, 0.6) is 5.75 Å². The highest BCUT2D eigenvalue weighted by Gasteiger charge is 2.21. The second-order valence-corrected chi connectivity index (χ2v) is 8.35. The molecule has 0 aliphatic heterocycles. The van der Waals surface area contributed by atoms with E-state index in [1.54, 1.807) is 36.0 Å². The summed E-state index contributed by atoms with van der Waals surface area (Å²) in [5.74, 6) is 1.37. The third-order valence-corrected chi connectivity index (χ3v) is 5.56. The van der Waals surface area contributed by atoms with Gasteiger partial charge in [0, 0.05) is 11.4 Å². The van der Waals surface area contributed by atoms with Crippen LogP contribution >= 0.6 is 0 Å². The fourth-order valence-electron chi connectivity index (χ4n) is 3.69. The van der Waals surface area contributed by atoms with Crippen LogP contribution in [0.2, 0.25) is 0 Å². The molecule has 12 heteroatoms. The van der Waals surface area contributed by atoms with Crippen LogP contribution in [0, 0.1) is 25.2 Å². The average molecular weight is 502 g/mol. The van der Waals surface area contributed by atoms with Gasteiger partial charge < -0.3 is 10.1 Å². The Morgan fingerprint density at radius 1 is 1.05 bits per heavy atom. The van der Waals surface area contributed by atoms with Crippen LogP contribution < -0.4 is 10.1 Å². The molecule has 1 N–H and O–H groups in total. The molecule has 0 saturated heterocycles. The lowest BCUT2D eigenvalue weighted by molar-refractivity contribution is 0.0223. The third kappa shape index (κ3) is 4.79. The molecule has 37 heavy (non-hydrogen) atoms. The van der Waals surface area contributed by atoms with E-state index in [9.17, 15) is 14.0 Å². The number of alkyl halides is 2. The van der Waals surface area contributed by atoms with E-state index in [-0.39, 0.29) is 17.3 Å². The van der Waals surface area contributed by atoms with Crippen molar-refractivity contribution in [3.8, 4) is 23.5 Å². The molecule has 0 saturated carbocycles. The Bertz CT molecular complexity index is 1620. The highest BCUT2D eigenvalue weighted by Crippen LogP contribution is 2.28. The molecule has 5 aromatic rings. The zero-order chi connectivity index (χ0) is 26.1. The number of aromatic nitrogens is 7. The summed E-state index contributed by atoms with van der Waals surface area (Å²) in [5.41, 5.74) is 3.84. The fourth-order valence-corrected chi connectivity index (χ4v) is 3.69. The van der Waals surface area contributed by atoms with Gasteiger partial charge in [0.05, 0.1) is 16.7 Å². The van der Waals surface area contributed by atoms with Gasteiger partial charge in [0.15, 0.2) is 29.2 Å². The lowest BCUT2D eigenvalue weighted by Crippen LogP contribution is -2.22. The number of nitrogens with zero attached hydrogens (tertiary/aromatic N) is 8. The van der Waals surface area contributed by atoms with Gasteiger partial charge >= 0.3 is 0 Å². The molecular formula is C25H21F2N9O. The van der Waals surface area contributed by atoms with Gasteiger partial charge in [-0.1, -0.05) is 0 Å². The van der Waals surface area contributed by atoms with Crippen LogP contribution in [-0.2, 0) is 0 Å². The number of nitriles is 1. The van der Waals surface area contributed by atoms with Crippen molar-refractivity contribution in [2.24, 2.45) is 0 Å². The Hall–Kier alpha value is -4.92. The average Bonchev–Trinajstić information content (AvgIpc) is 3.48. The van der Waals surface area contributed by atoms with E-state index in [1.165, 1.54) is 11.6 Å². The van der Waals surface area contributed by atoms with E-state index in [2.05, 4.69) is 30.6 Å². The Labute approximate surface area is 210 Å². The predicted octanol–water partition coefficient (Wildman–Crippen LogP) is 4.66.